The molecule has 0 bridgehead atoms. The highest BCUT2D eigenvalue weighted by molar-refractivity contribution is 7.91. The van der Waals surface area contributed by atoms with Gasteiger partial charge in [-0.15, -0.1) is 0 Å². The lowest BCUT2D eigenvalue weighted by molar-refractivity contribution is 0.414. The minimum Gasteiger partial charge on any atom is -0.497 e. The minimum atomic E-state index is -3.76. The molecule has 0 saturated carbocycles. The van der Waals surface area contributed by atoms with E-state index in [1.807, 2.05) is 32.0 Å². The first kappa shape index (κ1) is 21.1. The lowest BCUT2D eigenvalue weighted by Gasteiger charge is -2.16. The Labute approximate surface area is 176 Å². The lowest BCUT2D eigenvalue weighted by Crippen LogP contribution is -2.09. The highest BCUT2D eigenvalue weighted by Gasteiger charge is 2.23. The van der Waals surface area contributed by atoms with Crippen LogP contribution in [-0.4, -0.2) is 20.5 Å². The van der Waals surface area contributed by atoms with Gasteiger partial charge >= 0.3 is 0 Å². The first-order chi connectivity index (χ1) is 13.8. The van der Waals surface area contributed by atoms with Gasteiger partial charge in [0, 0.05) is 11.8 Å². The summed E-state index contributed by atoms with van der Waals surface area (Å²) in [7, 11) is -2.20. The molecule has 0 radical (unpaired) electrons. The fraction of sp³-hybridized carbons (Fsp3) is 0.227. The number of methoxy groups -OCH3 is 1. The maximum Gasteiger partial charge on any atom is 0.210 e. The Bertz CT molecular complexity index is 1120. The summed E-state index contributed by atoms with van der Waals surface area (Å²) in [6.45, 7) is 5.70. The summed E-state index contributed by atoms with van der Waals surface area (Å²) < 4.78 is 31.8. The van der Waals surface area contributed by atoms with Gasteiger partial charge in [-0.2, -0.15) is 0 Å². The molecular weight excluding hydrogens is 408 g/mol. The number of hydrogen-bond donors (Lipinski definition) is 1. The van der Waals surface area contributed by atoms with Crippen molar-refractivity contribution in [3.05, 3.63) is 70.4 Å². The fourth-order valence-electron chi connectivity index (χ4n) is 2.99. The van der Waals surface area contributed by atoms with E-state index in [9.17, 15) is 8.42 Å². The Hall–Kier alpha value is -2.57. The third kappa shape index (κ3) is 4.38. The van der Waals surface area contributed by atoms with E-state index in [1.54, 1.807) is 44.4 Å². The van der Waals surface area contributed by atoms with Gasteiger partial charge in [0.25, 0.3) is 0 Å². The average Bonchev–Trinajstić information content (AvgIpc) is 2.70. The van der Waals surface area contributed by atoms with E-state index in [0.717, 1.165) is 17.5 Å². The molecule has 0 unspecified atom stereocenters. The molecule has 5 nitrogen and oxygen atoms in total. The maximum atomic E-state index is 13.3. The average molecular weight is 431 g/mol. The van der Waals surface area contributed by atoms with Gasteiger partial charge in [0.2, 0.25) is 9.84 Å². The molecule has 7 heteroatoms. The number of anilines is 2. The van der Waals surface area contributed by atoms with Crippen molar-refractivity contribution in [1.29, 1.82) is 0 Å². The maximum absolute atomic E-state index is 13.3. The predicted molar refractivity (Wildman–Crippen MR) is 116 cm³/mol. The zero-order valence-electron chi connectivity index (χ0n) is 16.8. The van der Waals surface area contributed by atoms with Crippen LogP contribution in [0.5, 0.6) is 5.75 Å². The van der Waals surface area contributed by atoms with Gasteiger partial charge in [-0.05, 0) is 61.7 Å². The van der Waals surface area contributed by atoms with Crippen LogP contribution in [-0.2, 0) is 16.3 Å². The number of sulfone groups is 1. The van der Waals surface area contributed by atoms with Crippen LogP contribution in [0.2, 0.25) is 5.02 Å². The molecule has 29 heavy (non-hydrogen) atoms. The standard InChI is InChI=1S/C22H23ClN2O3S/c1-5-16-7-9-18(10-8-16)29(26,27)20-11-6-15(3)24-22(20)25-21-14(2)12-17(28-4)13-19(21)23/h6-13H,5H2,1-4H3,(H,24,25). The monoisotopic (exact) mass is 430 g/mol. The predicted octanol–water partition coefficient (Wildman–Crippen LogP) is 5.50. The number of ether oxygens (including phenoxy) is 1. The number of benzene rings is 2. The summed E-state index contributed by atoms with van der Waals surface area (Å²) >= 11 is 6.40. The van der Waals surface area contributed by atoms with Crippen LogP contribution in [0.4, 0.5) is 11.5 Å². The first-order valence-corrected chi connectivity index (χ1v) is 11.0. The molecule has 3 rings (SSSR count). The molecule has 0 amide bonds. The third-order valence-corrected chi connectivity index (χ3v) is 6.77. The number of nitrogens with zero attached hydrogens (tertiary/aromatic N) is 1. The SMILES string of the molecule is CCc1ccc(S(=O)(=O)c2ccc(C)nc2Nc2c(C)cc(OC)cc2Cl)cc1. The summed E-state index contributed by atoms with van der Waals surface area (Å²) in [6, 6.07) is 13.7. The van der Waals surface area contributed by atoms with Gasteiger partial charge in [-0.1, -0.05) is 30.7 Å². The van der Waals surface area contributed by atoms with E-state index in [0.29, 0.717) is 22.2 Å². The number of nitrogens with one attached hydrogen (secondary N) is 1. The molecule has 0 spiro atoms. The molecule has 0 aliphatic heterocycles. The summed E-state index contributed by atoms with van der Waals surface area (Å²) in [6.07, 6.45) is 0.842. The molecule has 0 aliphatic rings. The molecule has 0 aliphatic carbocycles. The Kier molecular flexibility index (Phi) is 6.15. The van der Waals surface area contributed by atoms with Crippen LogP contribution in [0, 0.1) is 13.8 Å². The van der Waals surface area contributed by atoms with Gasteiger partial charge in [-0.25, -0.2) is 13.4 Å². The van der Waals surface area contributed by atoms with Crippen LogP contribution < -0.4 is 10.1 Å². The van der Waals surface area contributed by atoms with Crippen molar-refractivity contribution in [3.63, 3.8) is 0 Å². The molecule has 0 atom stereocenters. The second-order valence-corrected chi connectivity index (χ2v) is 9.05. The molecule has 1 aromatic heterocycles. The largest absolute Gasteiger partial charge is 0.497 e. The minimum absolute atomic E-state index is 0.0960. The molecule has 3 aromatic rings. The van der Waals surface area contributed by atoms with Crippen LogP contribution in [0.3, 0.4) is 0 Å². The topological polar surface area (TPSA) is 68.3 Å². The van der Waals surface area contributed by atoms with Gasteiger partial charge in [0.1, 0.15) is 16.5 Å². The van der Waals surface area contributed by atoms with E-state index in [1.165, 1.54) is 0 Å². The Morgan fingerprint density at radius 3 is 2.34 bits per heavy atom. The van der Waals surface area contributed by atoms with Gasteiger partial charge < -0.3 is 10.1 Å². The molecule has 152 valence electrons. The first-order valence-electron chi connectivity index (χ1n) is 9.19. The van der Waals surface area contributed by atoms with E-state index < -0.39 is 9.84 Å². The number of halogens is 1. The van der Waals surface area contributed by atoms with E-state index in [-0.39, 0.29) is 15.6 Å². The molecule has 1 N–H and O–H groups in total. The number of rotatable bonds is 6. The molecule has 0 fully saturated rings. The fourth-order valence-corrected chi connectivity index (χ4v) is 4.64. The lowest BCUT2D eigenvalue weighted by atomic mass is 10.2. The number of hydrogen-bond acceptors (Lipinski definition) is 5. The molecule has 1 heterocycles. The summed E-state index contributed by atoms with van der Waals surface area (Å²) in [4.78, 5) is 4.76. The highest BCUT2D eigenvalue weighted by atomic mass is 35.5. The van der Waals surface area contributed by atoms with E-state index >= 15 is 0 Å². The smallest absolute Gasteiger partial charge is 0.210 e. The van der Waals surface area contributed by atoms with Crippen molar-refractivity contribution >= 4 is 32.9 Å². The van der Waals surface area contributed by atoms with Crippen LogP contribution >= 0.6 is 11.6 Å². The van der Waals surface area contributed by atoms with E-state index in [2.05, 4.69) is 10.3 Å². The molecule has 2 aromatic carbocycles. The van der Waals surface area contributed by atoms with Crippen molar-refractivity contribution in [2.45, 2.75) is 37.0 Å². The van der Waals surface area contributed by atoms with Gasteiger partial charge in [0.05, 0.1) is 22.7 Å². The molecule has 0 saturated heterocycles. The summed E-state index contributed by atoms with van der Waals surface area (Å²) in [5.74, 6) is 0.860. The summed E-state index contributed by atoms with van der Waals surface area (Å²) in [5, 5.41) is 3.54. The zero-order chi connectivity index (χ0) is 21.2. The van der Waals surface area contributed by atoms with E-state index in [4.69, 9.17) is 16.3 Å². The van der Waals surface area contributed by atoms with Crippen LogP contribution in [0.25, 0.3) is 0 Å². The van der Waals surface area contributed by atoms with Crippen LogP contribution in [0.15, 0.2) is 58.3 Å². The second kappa shape index (κ2) is 8.43. The van der Waals surface area contributed by atoms with Crippen molar-refractivity contribution in [2.24, 2.45) is 0 Å². The van der Waals surface area contributed by atoms with Crippen molar-refractivity contribution < 1.29 is 13.2 Å². The zero-order valence-corrected chi connectivity index (χ0v) is 18.4. The number of pyridine rings is 1. The third-order valence-electron chi connectivity index (χ3n) is 4.67. The highest BCUT2D eigenvalue weighted by Crippen LogP contribution is 2.35. The number of aryl methyl sites for hydroxylation is 3. The van der Waals surface area contributed by atoms with Crippen molar-refractivity contribution in [3.8, 4) is 5.75 Å². The van der Waals surface area contributed by atoms with Crippen LogP contribution in [0.1, 0.15) is 23.7 Å². The molecular formula is C22H23ClN2O3S. The Balaban J connectivity index is 2.09. The van der Waals surface area contributed by atoms with Crippen molar-refractivity contribution in [1.82, 2.24) is 4.98 Å². The number of aromatic nitrogens is 1. The normalized spacial score (nSPS) is 11.3. The Morgan fingerprint density at radius 2 is 1.76 bits per heavy atom. The quantitative estimate of drug-likeness (QED) is 0.559. The van der Waals surface area contributed by atoms with Gasteiger partial charge in [-0.3, -0.25) is 0 Å². The van der Waals surface area contributed by atoms with Crippen molar-refractivity contribution in [2.75, 3.05) is 12.4 Å². The Morgan fingerprint density at radius 1 is 1.07 bits per heavy atom. The second-order valence-electron chi connectivity index (χ2n) is 6.73. The summed E-state index contributed by atoms with van der Waals surface area (Å²) in [5.41, 5.74) is 3.16. The van der Waals surface area contributed by atoms with Gasteiger partial charge in [0.15, 0.2) is 0 Å².